The van der Waals surface area contributed by atoms with Crippen molar-refractivity contribution in [1.29, 1.82) is 0 Å². The first-order chi connectivity index (χ1) is 28.4. The average molecular weight is 816 g/mol. The minimum absolute atomic E-state index is 0.150. The summed E-state index contributed by atoms with van der Waals surface area (Å²) in [6.45, 7) is 13.9. The Morgan fingerprint density at radius 3 is 2.14 bits per heavy atom. The zero-order chi connectivity index (χ0) is 42.0. The predicted octanol–water partition coefficient (Wildman–Crippen LogP) is 8.51. The van der Waals surface area contributed by atoms with Crippen LogP contribution in [0.15, 0.2) is 102 Å². The molecule has 7 rings (SSSR count). The molecule has 3 aromatic carbocycles. The van der Waals surface area contributed by atoms with E-state index < -0.39 is 11.5 Å². The quantitative estimate of drug-likeness (QED) is 0.113. The Morgan fingerprint density at radius 1 is 0.949 bits per heavy atom. The number of anilines is 2. The summed E-state index contributed by atoms with van der Waals surface area (Å²) < 4.78 is 27.7. The molecule has 59 heavy (non-hydrogen) atoms. The third-order valence-electron chi connectivity index (χ3n) is 10.7. The number of hydrogen-bond acceptors (Lipinski definition) is 9. The van der Waals surface area contributed by atoms with Crippen molar-refractivity contribution in [3.63, 3.8) is 0 Å². The van der Waals surface area contributed by atoms with E-state index in [9.17, 15) is 9.59 Å². The van der Waals surface area contributed by atoms with Gasteiger partial charge in [0.2, 0.25) is 5.91 Å². The lowest BCUT2D eigenvalue weighted by Gasteiger charge is -2.40. The van der Waals surface area contributed by atoms with Gasteiger partial charge in [0.25, 0.3) is 0 Å². The molecule has 1 fully saturated rings. The van der Waals surface area contributed by atoms with E-state index in [1.54, 1.807) is 43.4 Å². The minimum atomic E-state index is -0.577. The number of fused-ring (bicyclic) bond motifs is 1. The number of halogens is 2. The molecule has 0 aliphatic carbocycles. The monoisotopic (exact) mass is 815 g/mol. The second-order valence-corrected chi connectivity index (χ2v) is 15.4. The van der Waals surface area contributed by atoms with Crippen LogP contribution in [0.5, 0.6) is 11.5 Å². The number of amides is 1. The molecule has 1 saturated heterocycles. The highest BCUT2D eigenvalue weighted by molar-refractivity contribution is 6.33. The highest BCUT2D eigenvalue weighted by Crippen LogP contribution is 2.37. The van der Waals surface area contributed by atoms with Crippen molar-refractivity contribution in [1.82, 2.24) is 24.4 Å². The Bertz CT molecular complexity index is 2530. The topological polar surface area (TPSA) is 106 Å². The summed E-state index contributed by atoms with van der Waals surface area (Å²) in [6.07, 6.45) is 1.30. The lowest BCUT2D eigenvalue weighted by Crippen LogP contribution is -2.54. The van der Waals surface area contributed by atoms with Gasteiger partial charge >= 0.3 is 5.69 Å². The maximum atomic E-state index is 15.4. The second kappa shape index (κ2) is 17.3. The van der Waals surface area contributed by atoms with Crippen LogP contribution in [0.3, 0.4) is 0 Å². The SMILES string of the molecule is C=CC(=O)N1CCN(c2nc(=O)n(-c3c(C)cc(N(Cc4ccc(OC)cc4)Cc4ccc(OC)cc4)nc3C(C)C)c3nc(-c4ccccc4F)c(Cl)cc23)C(C)C1. The highest BCUT2D eigenvalue weighted by Gasteiger charge is 2.31. The highest BCUT2D eigenvalue weighted by atomic mass is 35.5. The first kappa shape index (κ1) is 40.9. The van der Waals surface area contributed by atoms with Crippen LogP contribution < -0.4 is 25.0 Å². The zero-order valence-electron chi connectivity index (χ0n) is 34.1. The van der Waals surface area contributed by atoms with Crippen LogP contribution in [0.25, 0.3) is 28.0 Å². The number of aryl methyl sites for hydroxylation is 1. The predicted molar refractivity (Wildman–Crippen MR) is 232 cm³/mol. The third-order valence-corrected chi connectivity index (χ3v) is 11.0. The van der Waals surface area contributed by atoms with Crippen molar-refractivity contribution < 1.29 is 18.7 Å². The molecule has 11 nitrogen and oxygen atoms in total. The summed E-state index contributed by atoms with van der Waals surface area (Å²) in [5.74, 6) is 1.81. The molecule has 0 bridgehead atoms. The largest absolute Gasteiger partial charge is 0.497 e. The first-order valence-electron chi connectivity index (χ1n) is 19.5. The van der Waals surface area contributed by atoms with Gasteiger partial charge in [-0.25, -0.2) is 23.7 Å². The Kier molecular flexibility index (Phi) is 12.0. The fourth-order valence-corrected chi connectivity index (χ4v) is 7.87. The van der Waals surface area contributed by atoms with E-state index >= 15 is 4.39 Å². The molecule has 0 radical (unpaired) electrons. The van der Waals surface area contributed by atoms with Crippen LogP contribution in [0.2, 0.25) is 5.02 Å². The van der Waals surface area contributed by atoms with Crippen LogP contribution in [0, 0.1) is 12.7 Å². The van der Waals surface area contributed by atoms with Crippen molar-refractivity contribution in [3.05, 3.63) is 141 Å². The summed E-state index contributed by atoms with van der Waals surface area (Å²) >= 11 is 6.96. The molecule has 1 aliphatic heterocycles. The first-order valence-corrected chi connectivity index (χ1v) is 19.9. The zero-order valence-corrected chi connectivity index (χ0v) is 34.8. The van der Waals surface area contributed by atoms with Gasteiger partial charge in [-0.05, 0) is 91.1 Å². The number of nitrogens with zero attached hydrogens (tertiary/aromatic N) is 7. The summed E-state index contributed by atoms with van der Waals surface area (Å²) in [5.41, 5.74) is 4.14. The van der Waals surface area contributed by atoms with Crippen LogP contribution in [0.4, 0.5) is 16.0 Å². The fourth-order valence-electron chi connectivity index (χ4n) is 7.62. The Balaban J connectivity index is 1.42. The number of carbonyl (C=O) groups excluding carboxylic acids is 1. The molecule has 1 unspecified atom stereocenters. The molecule has 304 valence electrons. The van der Waals surface area contributed by atoms with E-state index in [1.165, 1.54) is 16.7 Å². The van der Waals surface area contributed by atoms with E-state index in [-0.39, 0.29) is 39.8 Å². The molecule has 1 amide bonds. The van der Waals surface area contributed by atoms with Crippen molar-refractivity contribution in [2.45, 2.75) is 52.7 Å². The molecule has 0 spiro atoms. The Hall–Kier alpha value is -6.27. The van der Waals surface area contributed by atoms with Gasteiger partial charge in [0.05, 0.1) is 41.7 Å². The molecule has 1 atom stereocenters. The van der Waals surface area contributed by atoms with Crippen LogP contribution >= 0.6 is 11.6 Å². The number of piperazine rings is 1. The summed E-state index contributed by atoms with van der Waals surface area (Å²) in [4.78, 5) is 48.2. The normalized spacial score (nSPS) is 14.2. The van der Waals surface area contributed by atoms with E-state index in [2.05, 4.69) is 11.5 Å². The Morgan fingerprint density at radius 2 is 1.58 bits per heavy atom. The number of rotatable bonds is 12. The smallest absolute Gasteiger partial charge is 0.355 e. The van der Waals surface area contributed by atoms with Gasteiger partial charge in [-0.2, -0.15) is 4.98 Å². The molecule has 13 heteroatoms. The molecular formula is C46H47ClFN7O4. The molecule has 0 saturated carbocycles. The van der Waals surface area contributed by atoms with Crippen molar-refractivity contribution >= 4 is 40.2 Å². The summed E-state index contributed by atoms with van der Waals surface area (Å²) in [6, 6.07) is 25.6. The maximum Gasteiger partial charge on any atom is 0.355 e. The second-order valence-electron chi connectivity index (χ2n) is 15.0. The standard InChI is InChI=1S/C46H47ClFN7O4/c1-8-40(56)52-21-22-54(30(5)25-52)44-36-24-37(47)42(35-11-9-10-12-38(35)48)50-45(36)55(46(57)51-44)43-29(4)23-39(49-41(43)28(2)3)53(26-31-13-17-33(58-6)18-14-31)27-32-15-19-34(59-7)20-16-32/h8-20,23-24,28,30H,1,21-22,25-27H2,2-7H3. The number of pyridine rings is 2. The van der Waals surface area contributed by atoms with Gasteiger partial charge in [0.1, 0.15) is 29.0 Å². The maximum absolute atomic E-state index is 15.4. The van der Waals surface area contributed by atoms with Gasteiger partial charge in [-0.3, -0.25) is 4.79 Å². The number of benzene rings is 3. The average Bonchev–Trinajstić information content (AvgIpc) is 3.23. The van der Waals surface area contributed by atoms with Crippen molar-refractivity contribution in [2.24, 2.45) is 0 Å². The number of ether oxygens (including phenoxy) is 2. The Labute approximate surface area is 348 Å². The van der Waals surface area contributed by atoms with Gasteiger partial charge in [-0.15, -0.1) is 0 Å². The molecule has 1 aliphatic rings. The van der Waals surface area contributed by atoms with E-state index in [0.29, 0.717) is 61.1 Å². The lowest BCUT2D eigenvalue weighted by molar-refractivity contribution is -0.126. The lowest BCUT2D eigenvalue weighted by atomic mass is 10.0. The van der Waals surface area contributed by atoms with Gasteiger partial charge in [0.15, 0.2) is 5.65 Å². The van der Waals surface area contributed by atoms with Gasteiger partial charge < -0.3 is 24.2 Å². The van der Waals surface area contributed by atoms with Crippen LogP contribution in [-0.4, -0.2) is 70.2 Å². The van der Waals surface area contributed by atoms with Crippen molar-refractivity contribution in [2.75, 3.05) is 43.7 Å². The van der Waals surface area contributed by atoms with Gasteiger partial charge in [-0.1, -0.05) is 68.4 Å². The van der Waals surface area contributed by atoms with E-state index in [0.717, 1.165) is 28.2 Å². The molecule has 3 aromatic heterocycles. The number of aromatic nitrogens is 4. The summed E-state index contributed by atoms with van der Waals surface area (Å²) in [7, 11) is 3.29. The molecular weight excluding hydrogens is 769 g/mol. The third kappa shape index (κ3) is 8.36. The van der Waals surface area contributed by atoms with Crippen molar-refractivity contribution in [3.8, 4) is 28.4 Å². The molecule has 4 heterocycles. The van der Waals surface area contributed by atoms with Gasteiger partial charge in [0, 0.05) is 44.3 Å². The van der Waals surface area contributed by atoms with Crippen LogP contribution in [-0.2, 0) is 17.9 Å². The number of carbonyl (C=O) groups is 1. The fraction of sp³-hybridized carbons (Fsp3) is 0.283. The van der Waals surface area contributed by atoms with E-state index in [1.807, 2.05) is 87.2 Å². The molecule has 6 aromatic rings. The summed E-state index contributed by atoms with van der Waals surface area (Å²) in [5, 5.41) is 0.704. The minimum Gasteiger partial charge on any atom is -0.497 e. The molecule has 0 N–H and O–H groups in total. The van der Waals surface area contributed by atoms with Crippen LogP contribution in [0.1, 0.15) is 49.1 Å². The van der Waals surface area contributed by atoms with E-state index in [4.69, 9.17) is 36.0 Å². The number of hydrogen-bond donors (Lipinski definition) is 0. The number of methoxy groups -OCH3 is 2.